The molecule has 1 aliphatic rings. The number of carbonyl (C=O) groups is 2. The molecule has 0 bridgehead atoms. The first-order chi connectivity index (χ1) is 16.4. The maximum Gasteiger partial charge on any atom is 0.335 e. The fraction of sp³-hybridized carbons (Fsp3) is 0.333. The summed E-state index contributed by atoms with van der Waals surface area (Å²) in [4.78, 5) is 22.3. The topological polar surface area (TPSA) is 189 Å². The van der Waals surface area contributed by atoms with Crippen molar-refractivity contribution in [2.75, 3.05) is 0 Å². The molecule has 0 spiro atoms. The molecule has 0 saturated carbocycles. The average Bonchev–Trinajstić information content (AvgIpc) is 2.77. The molecule has 0 amide bonds. The number of aliphatic hydroxyl groups excluding tert-OH is 3. The molecule has 11 nitrogen and oxygen atoms in total. The Kier molecular flexibility index (Phi) is 9.79. The average molecular weight is 827 g/mol. The van der Waals surface area contributed by atoms with E-state index in [1.807, 2.05) is 45.2 Å². The van der Waals surface area contributed by atoms with Crippen LogP contribution in [0.5, 0.6) is 17.2 Å². The van der Waals surface area contributed by atoms with E-state index >= 15 is 0 Å². The highest BCUT2D eigenvalue weighted by Crippen LogP contribution is 2.37. The molecule has 0 radical (unpaired) electrons. The van der Waals surface area contributed by atoms with Crippen molar-refractivity contribution in [3.63, 3.8) is 0 Å². The molecule has 14 heteroatoms. The monoisotopic (exact) mass is 827 g/mol. The molecule has 35 heavy (non-hydrogen) atoms. The van der Waals surface area contributed by atoms with Crippen LogP contribution in [0.1, 0.15) is 5.56 Å². The van der Waals surface area contributed by atoms with Gasteiger partial charge < -0.3 is 45.5 Å². The van der Waals surface area contributed by atoms with Crippen LogP contribution in [0.15, 0.2) is 30.3 Å². The van der Waals surface area contributed by atoms with Crippen molar-refractivity contribution in [2.45, 2.75) is 43.2 Å². The molecule has 6 atom stereocenters. The van der Waals surface area contributed by atoms with Crippen molar-refractivity contribution in [3.05, 3.63) is 46.6 Å². The molecule has 0 aromatic heterocycles. The second kappa shape index (κ2) is 12.0. The van der Waals surface area contributed by atoms with E-state index in [1.54, 1.807) is 30.3 Å². The Morgan fingerprint density at radius 1 is 0.971 bits per heavy atom. The number of aliphatic hydroxyl groups is 3. The Balaban J connectivity index is 1.77. The molecule has 190 valence electrons. The summed E-state index contributed by atoms with van der Waals surface area (Å²) in [7, 11) is 0. The Bertz CT molecular complexity index is 1090. The maximum absolute atomic E-state index is 11.3. The lowest BCUT2D eigenvalue weighted by Gasteiger charge is -2.38. The highest BCUT2D eigenvalue weighted by Gasteiger charge is 2.48. The first-order valence-electron chi connectivity index (χ1n) is 9.92. The van der Waals surface area contributed by atoms with Gasteiger partial charge in [0.25, 0.3) is 0 Å². The maximum atomic E-state index is 11.3. The minimum atomic E-state index is -1.81. The summed E-state index contributed by atoms with van der Waals surface area (Å²) in [6.45, 7) is 0. The van der Waals surface area contributed by atoms with Gasteiger partial charge in [-0.25, -0.2) is 4.79 Å². The summed E-state index contributed by atoms with van der Waals surface area (Å²) >= 11 is 6.02. The number of ether oxygens (including phenoxy) is 3. The van der Waals surface area contributed by atoms with Crippen molar-refractivity contribution in [3.8, 4) is 17.2 Å². The number of aliphatic carboxylic acids is 2. The standard InChI is InChI=1S/C21H20I3NO10/c22-9-3-7(4-12(25)19(29)30)1-2-13(9)33-8-5-10(23)17(11(24)6-8)34-21-16(28)14(26)15(27)18(35-21)20(31)32/h1-3,5-6,12,14-16,18,21,26-28H,4,25H2,(H,29,30)(H,31,32)/t12-,14-,15-,16+,18-,21+/m0/s1. The van der Waals surface area contributed by atoms with Gasteiger partial charge in [-0.15, -0.1) is 0 Å². The lowest BCUT2D eigenvalue weighted by Crippen LogP contribution is -2.61. The fourth-order valence-corrected chi connectivity index (χ4v) is 5.85. The smallest absolute Gasteiger partial charge is 0.335 e. The third-order valence-corrected chi connectivity index (χ3v) is 7.46. The molecule has 7 N–H and O–H groups in total. The van der Waals surface area contributed by atoms with Crippen LogP contribution in [-0.4, -0.2) is 74.2 Å². The van der Waals surface area contributed by atoms with Crippen molar-refractivity contribution >= 4 is 79.7 Å². The van der Waals surface area contributed by atoms with E-state index in [1.165, 1.54) is 0 Å². The van der Waals surface area contributed by atoms with Crippen molar-refractivity contribution in [2.24, 2.45) is 5.73 Å². The number of nitrogens with two attached hydrogens (primary N) is 1. The van der Waals surface area contributed by atoms with E-state index in [-0.39, 0.29) is 12.2 Å². The van der Waals surface area contributed by atoms with Crippen molar-refractivity contribution in [1.82, 2.24) is 0 Å². The number of rotatable bonds is 8. The van der Waals surface area contributed by atoms with Crippen LogP contribution in [-0.2, 0) is 20.7 Å². The predicted molar refractivity (Wildman–Crippen MR) is 145 cm³/mol. The second-order valence-corrected chi connectivity index (χ2v) is 11.1. The van der Waals surface area contributed by atoms with Gasteiger partial charge in [-0.1, -0.05) is 6.07 Å². The number of halogens is 3. The third kappa shape index (κ3) is 6.84. The lowest BCUT2D eigenvalue weighted by atomic mass is 9.99. The summed E-state index contributed by atoms with van der Waals surface area (Å²) < 4.78 is 18.7. The van der Waals surface area contributed by atoms with Crippen LogP contribution in [0.2, 0.25) is 0 Å². The van der Waals surface area contributed by atoms with Gasteiger partial charge in [-0.05, 0) is 104 Å². The van der Waals surface area contributed by atoms with Gasteiger partial charge >= 0.3 is 11.9 Å². The Labute approximate surface area is 240 Å². The van der Waals surface area contributed by atoms with E-state index in [0.717, 1.165) is 9.13 Å². The zero-order valence-corrected chi connectivity index (χ0v) is 24.0. The summed E-state index contributed by atoms with van der Waals surface area (Å²) in [5.41, 5.74) is 6.35. The number of carboxylic acid groups (broad SMARTS) is 2. The zero-order valence-electron chi connectivity index (χ0n) is 17.5. The van der Waals surface area contributed by atoms with E-state index in [9.17, 15) is 30.0 Å². The molecule has 0 unspecified atom stereocenters. The molecular formula is C21H20I3NO10. The van der Waals surface area contributed by atoms with Crippen LogP contribution in [0, 0.1) is 10.7 Å². The van der Waals surface area contributed by atoms with Crippen LogP contribution in [0.25, 0.3) is 0 Å². The van der Waals surface area contributed by atoms with E-state index in [2.05, 4.69) is 22.6 Å². The van der Waals surface area contributed by atoms with Crippen molar-refractivity contribution in [1.29, 1.82) is 0 Å². The second-order valence-electron chi connectivity index (χ2n) is 7.58. The SMILES string of the molecule is N[C@@H](Cc1ccc(Oc2cc(I)c(O[C@@H]3O[C@H](C(=O)O)[C@@H](O)[C@H](O)[C@H]3O)c(I)c2)c(I)c1)C(=O)O. The summed E-state index contributed by atoms with van der Waals surface area (Å²) in [5.74, 6) is -1.32. The molecule has 2 aromatic carbocycles. The van der Waals surface area contributed by atoms with Gasteiger partial charge in [0.1, 0.15) is 41.6 Å². The van der Waals surface area contributed by atoms with Crippen LogP contribution in [0.3, 0.4) is 0 Å². The predicted octanol–water partition coefficient (Wildman–Crippen LogP) is 1.52. The molecule has 2 aromatic rings. The van der Waals surface area contributed by atoms with Crippen LogP contribution >= 0.6 is 67.8 Å². The normalized spacial score (nSPS) is 25.1. The summed E-state index contributed by atoms with van der Waals surface area (Å²) in [5, 5.41) is 48.2. The van der Waals surface area contributed by atoms with Gasteiger partial charge in [-0.2, -0.15) is 0 Å². The van der Waals surface area contributed by atoms with Gasteiger partial charge in [0.15, 0.2) is 6.10 Å². The molecule has 1 heterocycles. The van der Waals surface area contributed by atoms with Gasteiger partial charge in [0.2, 0.25) is 6.29 Å². The molecule has 1 saturated heterocycles. The lowest BCUT2D eigenvalue weighted by molar-refractivity contribution is -0.271. The molecular weight excluding hydrogens is 807 g/mol. The van der Waals surface area contributed by atoms with Crippen molar-refractivity contribution < 1.29 is 49.3 Å². The molecule has 3 rings (SSSR count). The van der Waals surface area contributed by atoms with Gasteiger partial charge in [-0.3, -0.25) is 4.79 Å². The van der Waals surface area contributed by atoms with Gasteiger partial charge in [0.05, 0.1) is 10.7 Å². The molecule has 1 aliphatic heterocycles. The number of carboxylic acids is 2. The zero-order chi connectivity index (χ0) is 26.0. The minimum Gasteiger partial charge on any atom is -0.480 e. The van der Waals surface area contributed by atoms with E-state index in [0.29, 0.717) is 18.6 Å². The van der Waals surface area contributed by atoms with Crippen LogP contribution < -0.4 is 15.2 Å². The molecule has 1 fully saturated rings. The Morgan fingerprint density at radius 3 is 2.14 bits per heavy atom. The number of hydrogen-bond donors (Lipinski definition) is 6. The van der Waals surface area contributed by atoms with E-state index in [4.69, 9.17) is 25.1 Å². The largest absolute Gasteiger partial charge is 0.480 e. The minimum absolute atomic E-state index is 0.178. The third-order valence-electron chi connectivity index (χ3n) is 5.02. The quantitative estimate of drug-likeness (QED) is 0.212. The number of benzene rings is 2. The first-order valence-corrected chi connectivity index (χ1v) is 13.2. The Hall–Kier alpha value is -1.03. The summed E-state index contributed by atoms with van der Waals surface area (Å²) in [6.07, 6.45) is -8.40. The first kappa shape index (κ1) is 28.5. The Morgan fingerprint density at radius 2 is 1.60 bits per heavy atom. The molecule has 0 aliphatic carbocycles. The van der Waals surface area contributed by atoms with Crippen LogP contribution in [0.4, 0.5) is 0 Å². The highest BCUT2D eigenvalue weighted by molar-refractivity contribution is 14.1. The van der Waals surface area contributed by atoms with Gasteiger partial charge in [0, 0.05) is 0 Å². The fourth-order valence-electron chi connectivity index (χ4n) is 3.20. The summed E-state index contributed by atoms with van der Waals surface area (Å²) in [6, 6.07) is 7.52. The van der Waals surface area contributed by atoms with E-state index < -0.39 is 48.7 Å². The number of hydrogen-bond acceptors (Lipinski definition) is 9. The highest BCUT2D eigenvalue weighted by atomic mass is 127.